The summed E-state index contributed by atoms with van der Waals surface area (Å²) in [5.41, 5.74) is 1.11. The molecule has 0 bridgehead atoms. The van der Waals surface area contributed by atoms with E-state index in [2.05, 4.69) is 0 Å². The summed E-state index contributed by atoms with van der Waals surface area (Å²) in [5, 5.41) is 9.88. The second kappa shape index (κ2) is 3.97. The normalized spacial score (nSPS) is 20.7. The van der Waals surface area contributed by atoms with E-state index >= 15 is 0 Å². The summed E-state index contributed by atoms with van der Waals surface area (Å²) >= 11 is 0. The highest BCUT2D eigenvalue weighted by Crippen LogP contribution is 2.29. The van der Waals surface area contributed by atoms with E-state index in [0.717, 1.165) is 12.0 Å². The maximum atomic E-state index is 9.88. The molecule has 0 radical (unpaired) electrons. The Morgan fingerprint density at radius 3 is 2.85 bits per heavy atom. The number of hydrogen-bond donors (Lipinski definition) is 1. The predicted octanol–water partition coefficient (Wildman–Crippen LogP) is 2.37. The molecule has 2 nitrogen and oxygen atoms in total. The van der Waals surface area contributed by atoms with Crippen LogP contribution in [0.4, 0.5) is 0 Å². The number of rotatable bonds is 3. The monoisotopic (exact) mass is 180 g/mol. The summed E-state index contributed by atoms with van der Waals surface area (Å²) < 4.78 is 4.97. The van der Waals surface area contributed by atoms with Crippen LogP contribution in [0.3, 0.4) is 0 Å². The van der Waals surface area contributed by atoms with Crippen LogP contribution in [0.1, 0.15) is 31.2 Å². The Labute approximate surface area is 78.6 Å². The first-order chi connectivity index (χ1) is 6.36. The van der Waals surface area contributed by atoms with Crippen LogP contribution < -0.4 is 0 Å². The van der Waals surface area contributed by atoms with Gasteiger partial charge in [0.25, 0.3) is 0 Å². The van der Waals surface area contributed by atoms with Crippen molar-refractivity contribution in [1.82, 2.24) is 0 Å². The molecule has 1 aromatic rings. The van der Waals surface area contributed by atoms with Gasteiger partial charge in [-0.15, -0.1) is 0 Å². The molecule has 1 unspecified atom stereocenters. The molecule has 0 spiro atoms. The molecule has 1 N–H and O–H groups in total. The molecule has 1 atom stereocenters. The van der Waals surface area contributed by atoms with Gasteiger partial charge in [-0.1, -0.05) is 12.8 Å². The van der Waals surface area contributed by atoms with Crippen LogP contribution in [0.25, 0.3) is 0 Å². The first kappa shape index (κ1) is 8.82. The Balaban J connectivity index is 1.87. The quantitative estimate of drug-likeness (QED) is 0.774. The van der Waals surface area contributed by atoms with Gasteiger partial charge in [-0.05, 0) is 30.4 Å². The van der Waals surface area contributed by atoms with Gasteiger partial charge >= 0.3 is 0 Å². The third kappa shape index (κ3) is 2.13. The molecule has 72 valence electrons. The van der Waals surface area contributed by atoms with E-state index in [9.17, 15) is 5.11 Å². The van der Waals surface area contributed by atoms with E-state index in [0.29, 0.717) is 5.92 Å². The number of furan rings is 1. The zero-order valence-electron chi connectivity index (χ0n) is 7.78. The van der Waals surface area contributed by atoms with Gasteiger partial charge in [0.15, 0.2) is 0 Å². The molecule has 13 heavy (non-hydrogen) atoms. The summed E-state index contributed by atoms with van der Waals surface area (Å²) in [6.45, 7) is 0. The van der Waals surface area contributed by atoms with Crippen molar-refractivity contribution in [2.24, 2.45) is 5.92 Å². The highest BCUT2D eigenvalue weighted by Gasteiger charge is 2.23. The third-order valence-corrected chi connectivity index (χ3v) is 2.97. The Morgan fingerprint density at radius 2 is 2.23 bits per heavy atom. The number of hydrogen-bond acceptors (Lipinski definition) is 2. The van der Waals surface area contributed by atoms with E-state index in [1.54, 1.807) is 12.5 Å². The van der Waals surface area contributed by atoms with Gasteiger partial charge in [0, 0.05) is 6.42 Å². The maximum absolute atomic E-state index is 9.88. The van der Waals surface area contributed by atoms with Gasteiger partial charge in [-0.25, -0.2) is 0 Å². The summed E-state index contributed by atoms with van der Waals surface area (Å²) in [6, 6.07) is 1.93. The minimum Gasteiger partial charge on any atom is -0.472 e. The molecule has 0 aliphatic heterocycles. The molecule has 0 amide bonds. The van der Waals surface area contributed by atoms with E-state index in [1.807, 2.05) is 6.07 Å². The smallest absolute Gasteiger partial charge is 0.0935 e. The summed E-state index contributed by atoms with van der Waals surface area (Å²) in [6.07, 6.45) is 8.92. The summed E-state index contributed by atoms with van der Waals surface area (Å²) in [5.74, 6) is 0.523. The topological polar surface area (TPSA) is 33.4 Å². The average Bonchev–Trinajstić information content (AvgIpc) is 2.74. The van der Waals surface area contributed by atoms with Gasteiger partial charge in [0.2, 0.25) is 0 Å². The van der Waals surface area contributed by atoms with Crippen molar-refractivity contribution >= 4 is 0 Å². The molecule has 0 saturated heterocycles. The molecule has 1 aliphatic rings. The van der Waals surface area contributed by atoms with Crippen LogP contribution in [0, 0.1) is 5.92 Å². The molecule has 1 saturated carbocycles. The first-order valence-electron chi connectivity index (χ1n) is 5.05. The molecular formula is C11H16O2. The van der Waals surface area contributed by atoms with Crippen LogP contribution in [-0.2, 0) is 6.42 Å². The van der Waals surface area contributed by atoms with Crippen molar-refractivity contribution in [3.05, 3.63) is 24.2 Å². The van der Waals surface area contributed by atoms with Crippen molar-refractivity contribution in [2.45, 2.75) is 38.2 Å². The van der Waals surface area contributed by atoms with Gasteiger partial charge in [-0.2, -0.15) is 0 Å². The van der Waals surface area contributed by atoms with Crippen LogP contribution in [0.2, 0.25) is 0 Å². The molecule has 2 heteroatoms. The lowest BCUT2D eigenvalue weighted by atomic mass is 9.96. The summed E-state index contributed by atoms with van der Waals surface area (Å²) in [4.78, 5) is 0. The van der Waals surface area contributed by atoms with Gasteiger partial charge in [-0.3, -0.25) is 0 Å². The lowest BCUT2D eigenvalue weighted by Gasteiger charge is -2.16. The largest absolute Gasteiger partial charge is 0.472 e. The second-order valence-electron chi connectivity index (χ2n) is 3.95. The SMILES string of the molecule is OC(Cc1ccoc1)C1CCCC1. The number of aliphatic hydroxyl groups is 1. The van der Waals surface area contributed by atoms with Crippen molar-refractivity contribution in [1.29, 1.82) is 0 Å². The zero-order chi connectivity index (χ0) is 9.10. The van der Waals surface area contributed by atoms with E-state index in [-0.39, 0.29) is 6.10 Å². The Morgan fingerprint density at radius 1 is 1.46 bits per heavy atom. The standard InChI is InChI=1S/C11H16O2/c12-11(10-3-1-2-4-10)7-9-5-6-13-8-9/h5-6,8,10-12H,1-4,7H2. The molecule has 1 aliphatic carbocycles. The van der Waals surface area contributed by atoms with E-state index in [4.69, 9.17) is 4.42 Å². The van der Waals surface area contributed by atoms with Gasteiger partial charge in [0.1, 0.15) is 0 Å². The van der Waals surface area contributed by atoms with Crippen LogP contribution in [0.15, 0.2) is 23.0 Å². The van der Waals surface area contributed by atoms with Crippen molar-refractivity contribution < 1.29 is 9.52 Å². The van der Waals surface area contributed by atoms with Crippen molar-refractivity contribution in [2.75, 3.05) is 0 Å². The predicted molar refractivity (Wildman–Crippen MR) is 50.4 cm³/mol. The zero-order valence-corrected chi connectivity index (χ0v) is 7.78. The average molecular weight is 180 g/mol. The highest BCUT2D eigenvalue weighted by atomic mass is 16.3. The maximum Gasteiger partial charge on any atom is 0.0935 e. The molecular weight excluding hydrogens is 164 g/mol. The highest BCUT2D eigenvalue weighted by molar-refractivity contribution is 5.07. The minimum absolute atomic E-state index is 0.167. The van der Waals surface area contributed by atoms with E-state index in [1.165, 1.54) is 25.7 Å². The van der Waals surface area contributed by atoms with Crippen LogP contribution in [0.5, 0.6) is 0 Å². The fourth-order valence-corrected chi connectivity index (χ4v) is 2.16. The molecule has 1 aromatic heterocycles. The Bertz CT molecular complexity index is 235. The second-order valence-corrected chi connectivity index (χ2v) is 3.95. The van der Waals surface area contributed by atoms with Crippen LogP contribution in [-0.4, -0.2) is 11.2 Å². The molecule has 2 rings (SSSR count). The molecule has 1 fully saturated rings. The molecule has 0 aromatic carbocycles. The fourth-order valence-electron chi connectivity index (χ4n) is 2.16. The lowest BCUT2D eigenvalue weighted by molar-refractivity contribution is 0.111. The third-order valence-electron chi connectivity index (χ3n) is 2.97. The summed E-state index contributed by atoms with van der Waals surface area (Å²) in [7, 11) is 0. The van der Waals surface area contributed by atoms with Crippen molar-refractivity contribution in [3.8, 4) is 0 Å². The van der Waals surface area contributed by atoms with Crippen molar-refractivity contribution in [3.63, 3.8) is 0 Å². The Kier molecular flexibility index (Phi) is 2.69. The number of aliphatic hydroxyl groups excluding tert-OH is 1. The van der Waals surface area contributed by atoms with Crippen LogP contribution >= 0.6 is 0 Å². The first-order valence-corrected chi connectivity index (χ1v) is 5.05. The Hall–Kier alpha value is -0.760. The lowest BCUT2D eigenvalue weighted by Crippen LogP contribution is -2.19. The van der Waals surface area contributed by atoms with Gasteiger partial charge < -0.3 is 9.52 Å². The van der Waals surface area contributed by atoms with E-state index < -0.39 is 0 Å². The fraction of sp³-hybridized carbons (Fsp3) is 0.636. The molecule has 1 heterocycles. The minimum atomic E-state index is -0.167. The van der Waals surface area contributed by atoms with Gasteiger partial charge in [0.05, 0.1) is 18.6 Å².